The Morgan fingerprint density at radius 2 is 1.75 bits per heavy atom. The quantitative estimate of drug-likeness (QED) is 0.791. The molecule has 0 atom stereocenters. The molecule has 0 spiro atoms. The molecule has 0 radical (unpaired) electrons. The van der Waals surface area contributed by atoms with Crippen molar-refractivity contribution in [2.24, 2.45) is 0 Å². The zero-order valence-electron chi connectivity index (χ0n) is 13.8. The minimum atomic E-state index is -0.312. The van der Waals surface area contributed by atoms with Gasteiger partial charge in [-0.15, -0.1) is 0 Å². The summed E-state index contributed by atoms with van der Waals surface area (Å²) in [5, 5.41) is 2.78. The molecule has 0 saturated carbocycles. The van der Waals surface area contributed by atoms with Gasteiger partial charge in [0.05, 0.1) is 14.2 Å². The van der Waals surface area contributed by atoms with E-state index in [1.807, 2.05) is 31.2 Å². The van der Waals surface area contributed by atoms with Crippen LogP contribution in [0.1, 0.15) is 15.9 Å². The fraction of sp³-hybridized carbons (Fsp3) is 0.222. The summed E-state index contributed by atoms with van der Waals surface area (Å²) in [4.78, 5) is 23.0. The number of carbonyl (C=O) groups excluding carboxylic acids is 2. The lowest BCUT2D eigenvalue weighted by Crippen LogP contribution is -2.21. The number of aldehydes is 1. The number of carbonyl (C=O) groups is 2. The number of ether oxygens (including phenoxy) is 3. The minimum absolute atomic E-state index is 0.221. The Bertz CT molecular complexity index is 717. The predicted molar refractivity (Wildman–Crippen MR) is 90.2 cm³/mol. The first-order valence-electron chi connectivity index (χ1n) is 7.28. The Kier molecular flexibility index (Phi) is 5.78. The molecule has 2 aromatic rings. The summed E-state index contributed by atoms with van der Waals surface area (Å²) in [6, 6.07) is 10.5. The smallest absolute Gasteiger partial charge is 0.262 e. The number of benzene rings is 2. The van der Waals surface area contributed by atoms with Crippen LogP contribution in [0.3, 0.4) is 0 Å². The molecule has 0 aliphatic heterocycles. The zero-order chi connectivity index (χ0) is 17.5. The maximum atomic E-state index is 12.1. The largest absolute Gasteiger partial charge is 0.493 e. The highest BCUT2D eigenvalue weighted by Crippen LogP contribution is 2.38. The second-order valence-electron chi connectivity index (χ2n) is 5.02. The lowest BCUT2D eigenvalue weighted by molar-refractivity contribution is -0.118. The standard InChI is InChI=1S/C18H19NO5/c1-12-6-4-5-7-14(12)19-17(21)11-24-18-15(22-2)8-13(10-20)9-16(18)23-3/h4-10H,11H2,1-3H3,(H,19,21). The number of rotatable bonds is 7. The molecule has 1 N–H and O–H groups in total. The molecule has 2 aromatic carbocycles. The molecule has 0 aromatic heterocycles. The molecule has 24 heavy (non-hydrogen) atoms. The van der Waals surface area contributed by atoms with Gasteiger partial charge in [0.2, 0.25) is 5.75 Å². The van der Waals surface area contributed by atoms with Crippen molar-refractivity contribution >= 4 is 17.9 Å². The van der Waals surface area contributed by atoms with Crippen molar-refractivity contribution in [2.75, 3.05) is 26.1 Å². The number of methoxy groups -OCH3 is 2. The number of para-hydroxylation sites is 1. The van der Waals surface area contributed by atoms with Gasteiger partial charge in [-0.3, -0.25) is 9.59 Å². The summed E-state index contributed by atoms with van der Waals surface area (Å²) in [6.07, 6.45) is 0.680. The topological polar surface area (TPSA) is 73.9 Å². The fourth-order valence-corrected chi connectivity index (χ4v) is 2.15. The van der Waals surface area contributed by atoms with E-state index in [4.69, 9.17) is 14.2 Å². The Labute approximate surface area is 140 Å². The zero-order valence-corrected chi connectivity index (χ0v) is 13.8. The molecule has 0 unspecified atom stereocenters. The molecule has 1 amide bonds. The summed E-state index contributed by atoms with van der Waals surface area (Å²) in [7, 11) is 2.90. The summed E-state index contributed by atoms with van der Waals surface area (Å²) >= 11 is 0. The molecule has 0 fully saturated rings. The minimum Gasteiger partial charge on any atom is -0.493 e. The van der Waals surface area contributed by atoms with Crippen LogP contribution in [-0.4, -0.2) is 33.0 Å². The first kappa shape index (κ1) is 17.3. The molecule has 6 nitrogen and oxygen atoms in total. The maximum Gasteiger partial charge on any atom is 0.262 e. The second kappa shape index (κ2) is 8.01. The molecule has 0 saturated heterocycles. The van der Waals surface area contributed by atoms with Gasteiger partial charge in [0.1, 0.15) is 6.29 Å². The summed E-state index contributed by atoms with van der Waals surface area (Å²) in [5.74, 6) is 0.596. The number of nitrogens with one attached hydrogen (secondary N) is 1. The molecule has 0 bridgehead atoms. The fourth-order valence-electron chi connectivity index (χ4n) is 2.15. The third-order valence-corrected chi connectivity index (χ3v) is 3.39. The number of aryl methyl sites for hydroxylation is 1. The normalized spacial score (nSPS) is 9.96. The van der Waals surface area contributed by atoms with Crippen LogP contribution in [0.15, 0.2) is 36.4 Å². The van der Waals surface area contributed by atoms with Crippen molar-refractivity contribution in [2.45, 2.75) is 6.92 Å². The van der Waals surface area contributed by atoms with Crippen LogP contribution in [0, 0.1) is 6.92 Å². The van der Waals surface area contributed by atoms with Gasteiger partial charge in [0, 0.05) is 11.3 Å². The van der Waals surface area contributed by atoms with E-state index >= 15 is 0 Å². The van der Waals surface area contributed by atoms with Gasteiger partial charge in [0.15, 0.2) is 18.1 Å². The Hall–Kier alpha value is -3.02. The molecule has 6 heteroatoms. The van der Waals surface area contributed by atoms with Crippen LogP contribution in [0.5, 0.6) is 17.2 Å². The van der Waals surface area contributed by atoms with Gasteiger partial charge in [-0.1, -0.05) is 18.2 Å². The molecule has 0 aliphatic carbocycles. The van der Waals surface area contributed by atoms with Crippen LogP contribution in [-0.2, 0) is 4.79 Å². The third kappa shape index (κ3) is 4.04. The highest BCUT2D eigenvalue weighted by atomic mass is 16.5. The van der Waals surface area contributed by atoms with Gasteiger partial charge < -0.3 is 19.5 Å². The van der Waals surface area contributed by atoms with Crippen molar-refractivity contribution in [1.82, 2.24) is 0 Å². The van der Waals surface area contributed by atoms with E-state index in [9.17, 15) is 9.59 Å². The van der Waals surface area contributed by atoms with E-state index in [2.05, 4.69) is 5.32 Å². The van der Waals surface area contributed by atoms with Gasteiger partial charge in [-0.25, -0.2) is 0 Å². The van der Waals surface area contributed by atoms with Gasteiger partial charge >= 0.3 is 0 Å². The average Bonchev–Trinajstić information content (AvgIpc) is 2.61. The highest BCUT2D eigenvalue weighted by molar-refractivity contribution is 5.92. The monoisotopic (exact) mass is 329 g/mol. The van der Waals surface area contributed by atoms with Crippen LogP contribution in [0.25, 0.3) is 0 Å². The Morgan fingerprint density at radius 1 is 1.12 bits per heavy atom. The summed E-state index contributed by atoms with van der Waals surface area (Å²) in [5.41, 5.74) is 2.07. The summed E-state index contributed by atoms with van der Waals surface area (Å²) in [6.45, 7) is 1.68. The van der Waals surface area contributed by atoms with Crippen molar-refractivity contribution in [3.8, 4) is 17.2 Å². The van der Waals surface area contributed by atoms with E-state index in [1.54, 1.807) is 0 Å². The van der Waals surface area contributed by atoms with Crippen molar-refractivity contribution in [1.29, 1.82) is 0 Å². The number of amides is 1. The number of anilines is 1. The van der Waals surface area contributed by atoms with Crippen molar-refractivity contribution < 1.29 is 23.8 Å². The van der Waals surface area contributed by atoms with Gasteiger partial charge in [-0.05, 0) is 30.7 Å². The highest BCUT2D eigenvalue weighted by Gasteiger charge is 2.16. The number of hydrogen-bond donors (Lipinski definition) is 1. The maximum absolute atomic E-state index is 12.1. The third-order valence-electron chi connectivity index (χ3n) is 3.39. The summed E-state index contributed by atoms with van der Waals surface area (Å²) < 4.78 is 16.0. The molecule has 0 heterocycles. The lowest BCUT2D eigenvalue weighted by Gasteiger charge is -2.15. The van der Waals surface area contributed by atoms with Crippen LogP contribution < -0.4 is 19.5 Å². The molecule has 2 rings (SSSR count). The van der Waals surface area contributed by atoms with Crippen molar-refractivity contribution in [3.05, 3.63) is 47.5 Å². The van der Waals surface area contributed by atoms with Crippen LogP contribution in [0.2, 0.25) is 0 Å². The van der Waals surface area contributed by atoms with E-state index in [0.717, 1.165) is 11.3 Å². The van der Waals surface area contributed by atoms with Crippen LogP contribution >= 0.6 is 0 Å². The molecular weight excluding hydrogens is 310 g/mol. The number of hydrogen-bond acceptors (Lipinski definition) is 5. The van der Waals surface area contributed by atoms with Crippen LogP contribution in [0.4, 0.5) is 5.69 Å². The Morgan fingerprint density at radius 3 is 2.29 bits per heavy atom. The average molecular weight is 329 g/mol. The van der Waals surface area contributed by atoms with E-state index < -0.39 is 0 Å². The molecule has 0 aliphatic rings. The van der Waals surface area contributed by atoms with Crippen molar-refractivity contribution in [3.63, 3.8) is 0 Å². The van der Waals surface area contributed by atoms with Gasteiger partial charge in [0.25, 0.3) is 5.91 Å². The molecular formula is C18H19NO5. The second-order valence-corrected chi connectivity index (χ2v) is 5.02. The lowest BCUT2D eigenvalue weighted by atomic mass is 10.2. The predicted octanol–water partition coefficient (Wildman–Crippen LogP) is 2.84. The van der Waals surface area contributed by atoms with E-state index in [-0.39, 0.29) is 18.3 Å². The molecule has 126 valence electrons. The van der Waals surface area contributed by atoms with E-state index in [1.165, 1.54) is 26.4 Å². The van der Waals surface area contributed by atoms with E-state index in [0.29, 0.717) is 23.3 Å². The Balaban J connectivity index is 2.12. The SMILES string of the molecule is COc1cc(C=O)cc(OC)c1OCC(=O)Nc1ccccc1C. The van der Waals surface area contributed by atoms with Gasteiger partial charge in [-0.2, -0.15) is 0 Å². The first-order chi connectivity index (χ1) is 11.6. The first-order valence-corrected chi connectivity index (χ1v) is 7.28.